The van der Waals surface area contributed by atoms with E-state index < -0.39 is 11.9 Å². The second kappa shape index (κ2) is 4.94. The van der Waals surface area contributed by atoms with Gasteiger partial charge in [0.15, 0.2) is 0 Å². The lowest BCUT2D eigenvalue weighted by Crippen LogP contribution is -2.05. The van der Waals surface area contributed by atoms with Crippen LogP contribution in [0.4, 0.5) is 0 Å². The molecule has 1 atom stereocenters. The van der Waals surface area contributed by atoms with E-state index in [0.717, 1.165) is 10.4 Å². The van der Waals surface area contributed by atoms with Crippen LogP contribution >= 0.6 is 11.3 Å². The molecule has 1 unspecified atom stereocenters. The predicted octanol–water partition coefficient (Wildman–Crippen LogP) is 4.22. The summed E-state index contributed by atoms with van der Waals surface area (Å²) < 4.78 is 0. The van der Waals surface area contributed by atoms with Crippen molar-refractivity contribution in [3.8, 4) is 10.4 Å². The summed E-state index contributed by atoms with van der Waals surface area (Å²) in [5, 5.41) is 11.0. The molecule has 2 rings (SSSR count). The lowest BCUT2D eigenvalue weighted by atomic mass is 10.0. The maximum absolute atomic E-state index is 11.0. The molecular weight excluding hydrogens is 244 g/mol. The molecule has 1 heterocycles. The molecule has 18 heavy (non-hydrogen) atoms. The second-order valence-electron chi connectivity index (χ2n) is 4.62. The smallest absolute Gasteiger partial charge is 0.310 e. The topological polar surface area (TPSA) is 37.3 Å². The number of aryl methyl sites for hydroxylation is 2. The zero-order valence-corrected chi connectivity index (χ0v) is 11.5. The van der Waals surface area contributed by atoms with Crippen LogP contribution in [0.25, 0.3) is 10.4 Å². The average Bonchev–Trinajstić information content (AvgIpc) is 2.80. The van der Waals surface area contributed by atoms with E-state index in [1.165, 1.54) is 16.7 Å². The number of hydrogen-bond acceptors (Lipinski definition) is 2. The molecule has 94 valence electrons. The van der Waals surface area contributed by atoms with E-state index in [1.807, 2.05) is 11.4 Å². The van der Waals surface area contributed by atoms with Crippen LogP contribution in [-0.4, -0.2) is 11.1 Å². The molecule has 2 nitrogen and oxygen atoms in total. The number of rotatable bonds is 3. The number of carboxylic acid groups (broad SMARTS) is 1. The second-order valence-corrected chi connectivity index (χ2v) is 5.53. The van der Waals surface area contributed by atoms with Crippen LogP contribution in [0, 0.1) is 13.8 Å². The minimum atomic E-state index is -0.777. The fourth-order valence-electron chi connectivity index (χ4n) is 1.86. The van der Waals surface area contributed by atoms with Gasteiger partial charge in [0.2, 0.25) is 0 Å². The highest BCUT2D eigenvalue weighted by Crippen LogP contribution is 2.33. The summed E-state index contributed by atoms with van der Waals surface area (Å²) in [6.45, 7) is 5.86. The van der Waals surface area contributed by atoms with Crippen molar-refractivity contribution in [3.63, 3.8) is 0 Å². The Morgan fingerprint density at radius 3 is 2.67 bits per heavy atom. The summed E-state index contributed by atoms with van der Waals surface area (Å²) >= 11 is 1.61. The molecule has 0 amide bonds. The van der Waals surface area contributed by atoms with Crippen molar-refractivity contribution >= 4 is 17.3 Å². The number of thiophene rings is 1. The lowest BCUT2D eigenvalue weighted by Gasteiger charge is -2.05. The third-order valence-electron chi connectivity index (χ3n) is 3.15. The molecule has 1 aromatic carbocycles. The molecule has 0 fully saturated rings. The molecule has 2 aromatic rings. The SMILES string of the molecule is Cc1ccc(C)c(-c2cc(C(C)C(=O)O)cs2)c1. The highest BCUT2D eigenvalue weighted by molar-refractivity contribution is 7.13. The van der Waals surface area contributed by atoms with Crippen molar-refractivity contribution in [2.24, 2.45) is 0 Å². The highest BCUT2D eigenvalue weighted by Gasteiger charge is 2.16. The van der Waals surface area contributed by atoms with Gasteiger partial charge in [-0.05, 0) is 48.9 Å². The van der Waals surface area contributed by atoms with Gasteiger partial charge in [0.25, 0.3) is 0 Å². The summed E-state index contributed by atoms with van der Waals surface area (Å²) in [6.07, 6.45) is 0. The summed E-state index contributed by atoms with van der Waals surface area (Å²) in [4.78, 5) is 12.1. The van der Waals surface area contributed by atoms with Gasteiger partial charge in [-0.25, -0.2) is 0 Å². The van der Waals surface area contributed by atoms with E-state index in [4.69, 9.17) is 5.11 Å². The third-order valence-corrected chi connectivity index (χ3v) is 4.13. The standard InChI is InChI=1S/C15H16O2S/c1-9-4-5-10(2)13(6-9)14-7-12(8-18-14)11(3)15(16)17/h4-8,11H,1-3H3,(H,16,17). The first kappa shape index (κ1) is 12.8. The first-order chi connectivity index (χ1) is 8.49. The monoisotopic (exact) mass is 260 g/mol. The minimum Gasteiger partial charge on any atom is -0.481 e. The van der Waals surface area contributed by atoms with Gasteiger partial charge < -0.3 is 5.11 Å². The Kier molecular flexibility index (Phi) is 3.53. The molecule has 3 heteroatoms. The molecule has 0 saturated carbocycles. The normalized spacial score (nSPS) is 12.4. The molecule has 0 radical (unpaired) electrons. The fraction of sp³-hybridized carbons (Fsp3) is 0.267. The van der Waals surface area contributed by atoms with Crippen molar-refractivity contribution < 1.29 is 9.90 Å². The van der Waals surface area contributed by atoms with E-state index in [-0.39, 0.29) is 0 Å². The number of carboxylic acids is 1. The lowest BCUT2D eigenvalue weighted by molar-refractivity contribution is -0.138. The highest BCUT2D eigenvalue weighted by atomic mass is 32.1. The van der Waals surface area contributed by atoms with E-state index in [9.17, 15) is 4.79 Å². The fourth-order valence-corrected chi connectivity index (χ4v) is 2.95. The van der Waals surface area contributed by atoms with Gasteiger partial charge in [-0.2, -0.15) is 0 Å². The van der Waals surface area contributed by atoms with Crippen LogP contribution < -0.4 is 0 Å². The molecule has 0 aliphatic heterocycles. The zero-order chi connectivity index (χ0) is 13.3. The number of aliphatic carboxylic acids is 1. The van der Waals surface area contributed by atoms with Crippen molar-refractivity contribution in [2.45, 2.75) is 26.7 Å². The van der Waals surface area contributed by atoms with Crippen LogP contribution in [-0.2, 0) is 4.79 Å². The molecule has 0 spiro atoms. The van der Waals surface area contributed by atoms with E-state index in [1.54, 1.807) is 18.3 Å². The van der Waals surface area contributed by atoms with E-state index in [2.05, 4.69) is 32.0 Å². The maximum Gasteiger partial charge on any atom is 0.310 e. The predicted molar refractivity (Wildman–Crippen MR) is 75.3 cm³/mol. The number of benzene rings is 1. The summed E-state index contributed by atoms with van der Waals surface area (Å²) in [7, 11) is 0. The van der Waals surface area contributed by atoms with Crippen LogP contribution in [0.15, 0.2) is 29.6 Å². The molecule has 0 aliphatic carbocycles. The van der Waals surface area contributed by atoms with Gasteiger partial charge in [-0.1, -0.05) is 23.8 Å². The van der Waals surface area contributed by atoms with E-state index >= 15 is 0 Å². The summed E-state index contributed by atoms with van der Waals surface area (Å²) in [5.41, 5.74) is 4.51. The third kappa shape index (κ3) is 2.46. The minimum absolute atomic E-state index is 0.444. The van der Waals surface area contributed by atoms with Crippen molar-refractivity contribution in [1.82, 2.24) is 0 Å². The average molecular weight is 260 g/mol. The first-order valence-corrected chi connectivity index (χ1v) is 6.76. The van der Waals surface area contributed by atoms with Gasteiger partial charge in [0.05, 0.1) is 5.92 Å². The number of carbonyl (C=O) groups is 1. The summed E-state index contributed by atoms with van der Waals surface area (Å²) in [5.74, 6) is -1.22. The van der Waals surface area contributed by atoms with Gasteiger partial charge >= 0.3 is 5.97 Å². The van der Waals surface area contributed by atoms with Crippen LogP contribution in [0.3, 0.4) is 0 Å². The largest absolute Gasteiger partial charge is 0.481 e. The van der Waals surface area contributed by atoms with E-state index in [0.29, 0.717) is 0 Å². The Morgan fingerprint density at radius 2 is 2.00 bits per heavy atom. The Morgan fingerprint density at radius 1 is 1.28 bits per heavy atom. The Hall–Kier alpha value is -1.61. The molecule has 0 bridgehead atoms. The van der Waals surface area contributed by atoms with Crippen LogP contribution in [0.5, 0.6) is 0 Å². The van der Waals surface area contributed by atoms with Gasteiger partial charge in [-0.15, -0.1) is 11.3 Å². The molecule has 0 saturated heterocycles. The van der Waals surface area contributed by atoms with Crippen molar-refractivity contribution in [2.75, 3.05) is 0 Å². The molecule has 0 aliphatic rings. The maximum atomic E-state index is 11.0. The van der Waals surface area contributed by atoms with Gasteiger partial charge in [0.1, 0.15) is 0 Å². The van der Waals surface area contributed by atoms with Crippen molar-refractivity contribution in [3.05, 3.63) is 46.3 Å². The Balaban J connectivity index is 2.41. The van der Waals surface area contributed by atoms with Crippen molar-refractivity contribution in [1.29, 1.82) is 0 Å². The first-order valence-electron chi connectivity index (χ1n) is 5.88. The quantitative estimate of drug-likeness (QED) is 0.897. The van der Waals surface area contributed by atoms with Gasteiger partial charge in [-0.3, -0.25) is 4.79 Å². The zero-order valence-electron chi connectivity index (χ0n) is 10.7. The molecule has 1 aromatic heterocycles. The Labute approximate surface area is 111 Å². The molecule has 1 N–H and O–H groups in total. The molecular formula is C15H16O2S. The Bertz CT molecular complexity index is 584. The van der Waals surface area contributed by atoms with Crippen LogP contribution in [0.2, 0.25) is 0 Å². The summed E-state index contributed by atoms with van der Waals surface area (Å²) in [6, 6.07) is 8.33. The van der Waals surface area contributed by atoms with Gasteiger partial charge in [0, 0.05) is 4.88 Å². The van der Waals surface area contributed by atoms with Crippen LogP contribution in [0.1, 0.15) is 29.5 Å². The number of hydrogen-bond donors (Lipinski definition) is 1.